The number of carboxylic acids is 1. The number of hydrogen-bond donors (Lipinski definition) is 2. The smallest absolute Gasteiger partial charge is 0.306 e. The first kappa shape index (κ1) is 26.3. The minimum Gasteiger partial charge on any atom is -0.481 e. The Morgan fingerprint density at radius 2 is 1.86 bits per heavy atom. The quantitative estimate of drug-likeness (QED) is 0.502. The summed E-state index contributed by atoms with van der Waals surface area (Å²) in [6.45, 7) is 4.54. The molecule has 0 spiro atoms. The fraction of sp³-hybridized carbons (Fsp3) is 0.667. The van der Waals surface area contributed by atoms with E-state index in [1.807, 2.05) is 13.0 Å². The summed E-state index contributed by atoms with van der Waals surface area (Å²) in [6.07, 6.45) is 6.10. The number of ether oxygens (including phenoxy) is 2. The van der Waals surface area contributed by atoms with Crippen molar-refractivity contribution in [2.75, 3.05) is 6.61 Å². The topological polar surface area (TPSA) is 144 Å². The first-order valence-electron chi connectivity index (χ1n) is 12.6. The molecule has 0 aromatic rings. The molecule has 0 amide bonds. The van der Waals surface area contributed by atoms with Gasteiger partial charge in [-0.3, -0.25) is 24.0 Å². The number of aliphatic hydroxyl groups is 1. The SMILES string of the molecule is CC(=O)O[C@]1(C(=O)COC(=O)CCC(=O)O)CC[C@H]2[C@@H]3CCC4=CC(=O)C=C[C@]4(C)[C@H]3[C@@H](O)C[C@@]21C. The minimum absolute atomic E-state index is 0.0266. The van der Waals surface area contributed by atoms with Crippen molar-refractivity contribution in [2.24, 2.45) is 28.6 Å². The maximum absolute atomic E-state index is 13.6. The van der Waals surface area contributed by atoms with E-state index in [1.165, 1.54) is 6.92 Å². The third kappa shape index (κ3) is 4.11. The molecule has 2 N–H and O–H groups in total. The van der Waals surface area contributed by atoms with E-state index >= 15 is 0 Å². The first-order chi connectivity index (χ1) is 16.8. The molecular formula is C27H34O9. The van der Waals surface area contributed by atoms with Crippen molar-refractivity contribution in [1.29, 1.82) is 0 Å². The van der Waals surface area contributed by atoms with Crippen molar-refractivity contribution < 1.29 is 43.7 Å². The first-order valence-corrected chi connectivity index (χ1v) is 12.6. The number of rotatable bonds is 7. The molecule has 9 nitrogen and oxygen atoms in total. The standard InChI is InChI=1S/C27H34O9/c1-15(28)36-27(21(31)14-35-23(34)7-6-22(32)33)11-9-19-18-5-4-16-12-17(29)8-10-25(16,2)24(18)20(30)13-26(19,27)3/h8,10,12,18-20,24,30H,4-7,9,11,13-14H2,1-3H3,(H,32,33)/t18-,19-,20-,24+,25-,26-,27-/m0/s1. The van der Waals surface area contributed by atoms with Gasteiger partial charge in [0.25, 0.3) is 0 Å². The Morgan fingerprint density at radius 1 is 1.14 bits per heavy atom. The normalized spacial score (nSPS) is 38.8. The average molecular weight is 503 g/mol. The predicted octanol–water partition coefficient (Wildman–Crippen LogP) is 2.54. The van der Waals surface area contributed by atoms with Gasteiger partial charge in [0.15, 0.2) is 18.0 Å². The molecule has 36 heavy (non-hydrogen) atoms. The van der Waals surface area contributed by atoms with Gasteiger partial charge in [-0.15, -0.1) is 0 Å². The van der Waals surface area contributed by atoms with Crippen LogP contribution in [0, 0.1) is 28.6 Å². The average Bonchev–Trinajstić information content (AvgIpc) is 3.08. The van der Waals surface area contributed by atoms with Gasteiger partial charge in [-0.1, -0.05) is 25.5 Å². The lowest BCUT2D eigenvalue weighted by atomic mass is 9.46. The van der Waals surface area contributed by atoms with E-state index in [2.05, 4.69) is 6.92 Å². The van der Waals surface area contributed by atoms with Gasteiger partial charge in [-0.25, -0.2) is 0 Å². The van der Waals surface area contributed by atoms with Crippen LogP contribution in [0.15, 0.2) is 23.8 Å². The molecule has 3 saturated carbocycles. The van der Waals surface area contributed by atoms with Crippen molar-refractivity contribution in [2.45, 2.75) is 77.4 Å². The second-order valence-electron chi connectivity index (χ2n) is 11.1. The lowest BCUT2D eigenvalue weighted by Gasteiger charge is -2.59. The molecule has 0 heterocycles. The van der Waals surface area contributed by atoms with E-state index < -0.39 is 59.3 Å². The second kappa shape index (κ2) is 9.25. The molecule has 3 fully saturated rings. The number of fused-ring (bicyclic) bond motifs is 5. The van der Waals surface area contributed by atoms with Crippen LogP contribution in [0.3, 0.4) is 0 Å². The highest BCUT2D eigenvalue weighted by Gasteiger charge is 2.70. The number of aliphatic carboxylic acids is 1. The molecule has 0 radical (unpaired) electrons. The van der Waals surface area contributed by atoms with E-state index in [9.17, 15) is 29.1 Å². The number of carbonyl (C=O) groups excluding carboxylic acids is 4. The maximum atomic E-state index is 13.6. The summed E-state index contributed by atoms with van der Waals surface area (Å²) in [6, 6.07) is 0. The zero-order valence-electron chi connectivity index (χ0n) is 21.0. The van der Waals surface area contributed by atoms with Crippen LogP contribution >= 0.6 is 0 Å². The van der Waals surface area contributed by atoms with Gasteiger partial charge in [0, 0.05) is 23.7 Å². The van der Waals surface area contributed by atoms with E-state index in [4.69, 9.17) is 14.6 Å². The Bertz CT molecular complexity index is 1060. The molecule has 0 aliphatic heterocycles. The number of esters is 2. The van der Waals surface area contributed by atoms with Crippen LogP contribution in [0.4, 0.5) is 0 Å². The molecule has 4 aliphatic rings. The van der Waals surface area contributed by atoms with Crippen LogP contribution in [0.25, 0.3) is 0 Å². The third-order valence-corrected chi connectivity index (χ3v) is 9.29. The number of carbonyl (C=O) groups is 5. The van der Waals surface area contributed by atoms with Gasteiger partial charge in [0.2, 0.25) is 5.78 Å². The summed E-state index contributed by atoms with van der Waals surface area (Å²) in [5.41, 5.74) is -1.88. The molecule has 4 aliphatic carbocycles. The van der Waals surface area contributed by atoms with E-state index in [0.717, 1.165) is 12.0 Å². The molecular weight excluding hydrogens is 468 g/mol. The Morgan fingerprint density at radius 3 is 2.53 bits per heavy atom. The Kier molecular flexibility index (Phi) is 6.75. The Balaban J connectivity index is 1.62. The third-order valence-electron chi connectivity index (χ3n) is 9.29. The van der Waals surface area contributed by atoms with Crippen LogP contribution in [0.5, 0.6) is 0 Å². The summed E-state index contributed by atoms with van der Waals surface area (Å²) >= 11 is 0. The fourth-order valence-corrected chi connectivity index (χ4v) is 7.79. The molecule has 0 aromatic carbocycles. The number of hydrogen-bond acceptors (Lipinski definition) is 8. The fourth-order valence-electron chi connectivity index (χ4n) is 7.79. The van der Waals surface area contributed by atoms with Crippen LogP contribution < -0.4 is 0 Å². The minimum atomic E-state index is -1.56. The Labute approximate surface area is 209 Å². The molecule has 9 heteroatoms. The number of Topliss-reactive ketones (excluding diaryl/α,β-unsaturated/α-hetero) is 1. The summed E-state index contributed by atoms with van der Waals surface area (Å²) in [4.78, 5) is 60.5. The Hall–Kier alpha value is -2.81. The van der Waals surface area contributed by atoms with Gasteiger partial charge in [0.1, 0.15) is 0 Å². The largest absolute Gasteiger partial charge is 0.481 e. The van der Waals surface area contributed by atoms with Crippen molar-refractivity contribution in [3.05, 3.63) is 23.8 Å². The molecule has 7 atom stereocenters. The van der Waals surface area contributed by atoms with Gasteiger partial charge in [-0.2, -0.15) is 0 Å². The van der Waals surface area contributed by atoms with Crippen LogP contribution in [0.2, 0.25) is 0 Å². The summed E-state index contributed by atoms with van der Waals surface area (Å²) in [5.74, 6) is -3.32. The van der Waals surface area contributed by atoms with Crippen LogP contribution in [-0.2, 0) is 33.4 Å². The van der Waals surface area contributed by atoms with Gasteiger partial charge in [-0.05, 0) is 56.1 Å². The van der Waals surface area contributed by atoms with E-state index in [-0.39, 0.29) is 42.8 Å². The second-order valence-corrected chi connectivity index (χ2v) is 11.1. The summed E-state index contributed by atoms with van der Waals surface area (Å²) in [7, 11) is 0. The predicted molar refractivity (Wildman–Crippen MR) is 125 cm³/mol. The molecule has 196 valence electrons. The van der Waals surface area contributed by atoms with E-state index in [1.54, 1.807) is 12.2 Å². The highest BCUT2D eigenvalue weighted by molar-refractivity contribution is 6.01. The highest BCUT2D eigenvalue weighted by atomic mass is 16.6. The lowest BCUT2D eigenvalue weighted by Crippen LogP contribution is -2.63. The monoisotopic (exact) mass is 502 g/mol. The van der Waals surface area contributed by atoms with Gasteiger partial charge < -0.3 is 19.7 Å². The van der Waals surface area contributed by atoms with Gasteiger partial charge in [0.05, 0.1) is 18.9 Å². The van der Waals surface area contributed by atoms with Crippen molar-refractivity contribution >= 4 is 29.5 Å². The number of carboxylic acid groups (broad SMARTS) is 1. The zero-order chi connectivity index (χ0) is 26.5. The van der Waals surface area contributed by atoms with Gasteiger partial charge >= 0.3 is 17.9 Å². The van der Waals surface area contributed by atoms with Crippen molar-refractivity contribution in [1.82, 2.24) is 0 Å². The number of allylic oxidation sites excluding steroid dienone is 4. The summed E-state index contributed by atoms with van der Waals surface area (Å²) < 4.78 is 10.9. The number of ketones is 2. The summed E-state index contributed by atoms with van der Waals surface area (Å²) in [5, 5.41) is 20.3. The molecule has 0 unspecified atom stereocenters. The zero-order valence-corrected chi connectivity index (χ0v) is 21.0. The van der Waals surface area contributed by atoms with Crippen molar-refractivity contribution in [3.8, 4) is 0 Å². The van der Waals surface area contributed by atoms with Crippen LogP contribution in [-0.4, -0.2) is 58.0 Å². The van der Waals surface area contributed by atoms with E-state index in [0.29, 0.717) is 12.8 Å². The van der Waals surface area contributed by atoms with Crippen molar-refractivity contribution in [3.63, 3.8) is 0 Å². The maximum Gasteiger partial charge on any atom is 0.306 e. The molecule has 0 bridgehead atoms. The molecule has 4 rings (SSSR count). The highest BCUT2D eigenvalue weighted by Crippen LogP contribution is 2.67. The molecule has 0 saturated heterocycles. The number of aliphatic hydroxyl groups excluding tert-OH is 1. The lowest BCUT2D eigenvalue weighted by molar-refractivity contribution is -0.199. The van der Waals surface area contributed by atoms with Crippen LogP contribution in [0.1, 0.15) is 65.7 Å². The molecule has 0 aromatic heterocycles.